The molecule has 1 aliphatic carbocycles. The number of nitrogens with zero attached hydrogens (tertiary/aromatic N) is 7. The highest BCUT2D eigenvalue weighted by atomic mass is 35.5. The molecule has 2 fully saturated rings. The summed E-state index contributed by atoms with van der Waals surface area (Å²) < 4.78 is 40.9. The fraction of sp³-hybridized carbons (Fsp3) is 0.646. The highest BCUT2D eigenvalue weighted by molar-refractivity contribution is 6.30. The number of aryl methyl sites for hydroxylation is 1. The molecule has 7 atom stereocenters. The van der Waals surface area contributed by atoms with Crippen molar-refractivity contribution < 1.29 is 65.9 Å². The molecule has 1 heterocycles. The predicted molar refractivity (Wildman–Crippen MR) is 338 cm³/mol. The van der Waals surface area contributed by atoms with Gasteiger partial charge in [0.15, 0.2) is 0 Å². The van der Waals surface area contributed by atoms with E-state index in [-0.39, 0.29) is 69.7 Å². The number of halogens is 4. The van der Waals surface area contributed by atoms with Crippen LogP contribution in [0.1, 0.15) is 130 Å². The second kappa shape index (κ2) is 33.8. The molecule has 1 spiro atoms. The van der Waals surface area contributed by atoms with E-state index in [1.807, 2.05) is 34.6 Å². The molecular weight excluding hydrogens is 1200 g/mol. The first kappa shape index (κ1) is 76.1. The SMILES string of the molecule is CCC(C)[C@@H]1NC(=O)[C@H](C(C)C)N(C)C(=O)CCNC(=O)[C@H](CC(C)C)N(C)C(=O)C2(CCCC2)NC(=O)[C@H](CC(C)C)N(C)C(=O)[C@H](CCc2ccc(C(F)(F)F)cc2)NC(=O)CN(C)C(=O)[C@H](Cc2ccc(Cl)cc2)N(C)C(=O)CN(C)C(=O)CN(C)C1=O. The summed E-state index contributed by atoms with van der Waals surface area (Å²) in [6.45, 7) is 12.5. The van der Waals surface area contributed by atoms with E-state index in [1.54, 1.807) is 45.0 Å². The minimum Gasteiger partial charge on any atom is -0.354 e. The molecular formula is C65H97ClF3N11O11. The largest absolute Gasteiger partial charge is 0.416 e. The van der Waals surface area contributed by atoms with Gasteiger partial charge in [0.25, 0.3) is 0 Å². The third-order valence-electron chi connectivity index (χ3n) is 17.4. The lowest BCUT2D eigenvalue weighted by Gasteiger charge is -2.39. The monoisotopic (exact) mass is 1300 g/mol. The topological polar surface area (TPSA) is 259 Å². The third-order valence-corrected chi connectivity index (χ3v) is 17.6. The lowest BCUT2D eigenvalue weighted by atomic mass is 9.91. The lowest BCUT2D eigenvalue weighted by Crippen LogP contribution is -2.64. The van der Waals surface area contributed by atoms with E-state index >= 15 is 9.59 Å². The van der Waals surface area contributed by atoms with Crippen molar-refractivity contribution in [1.82, 2.24) is 55.6 Å². The summed E-state index contributed by atoms with van der Waals surface area (Å²) in [5, 5.41) is 11.8. The van der Waals surface area contributed by atoms with Gasteiger partial charge in [-0.05, 0) is 97.6 Å². The van der Waals surface area contributed by atoms with Crippen LogP contribution in [0.2, 0.25) is 5.02 Å². The van der Waals surface area contributed by atoms with E-state index in [4.69, 9.17) is 11.6 Å². The fourth-order valence-electron chi connectivity index (χ4n) is 11.6. The maximum atomic E-state index is 15.1. The number of hydrogen-bond donors (Lipinski definition) is 4. The number of likely N-dealkylation sites (N-methyl/N-ethyl adjacent to an activating group) is 7. The molecule has 2 aromatic carbocycles. The minimum atomic E-state index is -4.63. The van der Waals surface area contributed by atoms with Crippen LogP contribution in [-0.2, 0) is 71.8 Å². The Kier molecular flexibility index (Phi) is 28.3. The van der Waals surface area contributed by atoms with Crippen molar-refractivity contribution in [1.29, 1.82) is 0 Å². The maximum Gasteiger partial charge on any atom is 0.416 e. The summed E-state index contributed by atoms with van der Waals surface area (Å²) in [6, 6.07) is 3.44. The third kappa shape index (κ3) is 21.1. The smallest absolute Gasteiger partial charge is 0.354 e. The van der Waals surface area contributed by atoms with Crippen molar-refractivity contribution in [3.8, 4) is 0 Å². The molecule has 0 bridgehead atoms. The van der Waals surface area contributed by atoms with Gasteiger partial charge in [-0.25, -0.2) is 0 Å². The molecule has 506 valence electrons. The molecule has 1 unspecified atom stereocenters. The van der Waals surface area contributed by atoms with Gasteiger partial charge in [-0.15, -0.1) is 0 Å². The molecule has 1 aliphatic heterocycles. The normalized spacial score (nSPS) is 23.5. The van der Waals surface area contributed by atoms with Crippen molar-refractivity contribution in [3.63, 3.8) is 0 Å². The van der Waals surface area contributed by atoms with Crippen LogP contribution in [0.15, 0.2) is 48.5 Å². The number of hydrogen-bond acceptors (Lipinski definition) is 11. The number of amides is 11. The number of rotatable bonds is 12. The quantitative estimate of drug-likeness (QED) is 0.222. The Balaban J connectivity index is 1.84. The van der Waals surface area contributed by atoms with Gasteiger partial charge in [0.1, 0.15) is 41.8 Å². The Labute approximate surface area is 539 Å². The Hall–Kier alpha value is -7.31. The molecule has 4 N–H and O–H groups in total. The lowest BCUT2D eigenvalue weighted by molar-refractivity contribution is -0.149. The van der Waals surface area contributed by atoms with Gasteiger partial charge in [-0.1, -0.05) is 111 Å². The van der Waals surface area contributed by atoms with E-state index in [1.165, 1.54) is 76.2 Å². The van der Waals surface area contributed by atoms with Crippen LogP contribution >= 0.6 is 11.6 Å². The predicted octanol–water partition coefficient (Wildman–Crippen LogP) is 4.93. The molecule has 0 aromatic heterocycles. The van der Waals surface area contributed by atoms with Crippen LogP contribution in [0, 0.1) is 23.7 Å². The molecule has 11 amide bonds. The zero-order valence-electron chi connectivity index (χ0n) is 55.6. The molecule has 1 saturated heterocycles. The summed E-state index contributed by atoms with van der Waals surface area (Å²) >= 11 is 6.21. The fourth-order valence-corrected chi connectivity index (χ4v) is 11.7. The standard InChI is InChI=1S/C65H97ClF3N11O11/c1-16-42(8)55-62(90)76(11)37-53(83)74(9)38-54(84)77(12)50(35-44-21-26-46(66)27-22-44)61(89)75(10)36-51(81)71-47(28-23-43-19-24-45(25-20-43)65(67,68)69)60(88)78(13)49(34-40(4)5)58(86)73-64(30-17-18-31-64)63(91)79(14)48(33-39(2)3)57(85)70-32-29-52(82)80(15)56(41(6)7)59(87)72-55/h19-22,24-27,39-42,47-50,55-56H,16-18,23,28-38H2,1-15H3,(H,70,85)(H,71,81)(H,72,87)(H,73,86)/t42?,47-,48-,49-,50-,55-,56-/m0/s1. The molecule has 22 nitrogen and oxygen atoms in total. The highest BCUT2D eigenvalue weighted by Gasteiger charge is 2.48. The molecule has 1 saturated carbocycles. The van der Waals surface area contributed by atoms with Gasteiger partial charge in [-0.2, -0.15) is 13.2 Å². The van der Waals surface area contributed by atoms with Crippen molar-refractivity contribution >= 4 is 76.6 Å². The Morgan fingerprint density at radius 2 is 1.12 bits per heavy atom. The number of carbonyl (C=O) groups is 11. The second-order valence-corrected chi connectivity index (χ2v) is 26.3. The van der Waals surface area contributed by atoms with Gasteiger partial charge >= 0.3 is 6.18 Å². The van der Waals surface area contributed by atoms with Crippen LogP contribution in [0.5, 0.6) is 0 Å². The molecule has 4 rings (SSSR count). The van der Waals surface area contributed by atoms with E-state index in [0.29, 0.717) is 35.4 Å². The van der Waals surface area contributed by atoms with Crippen LogP contribution in [0.3, 0.4) is 0 Å². The summed E-state index contributed by atoms with van der Waals surface area (Å²) in [5.41, 5.74) is -1.47. The average molecular weight is 1300 g/mol. The van der Waals surface area contributed by atoms with Gasteiger partial charge < -0.3 is 55.6 Å². The molecule has 0 radical (unpaired) electrons. The second-order valence-electron chi connectivity index (χ2n) is 25.9. The molecule has 2 aliphatic rings. The Bertz CT molecular complexity index is 2890. The van der Waals surface area contributed by atoms with E-state index < -0.39 is 150 Å². The van der Waals surface area contributed by atoms with Gasteiger partial charge in [0, 0.05) is 73.7 Å². The summed E-state index contributed by atoms with van der Waals surface area (Å²) in [4.78, 5) is 167. The number of carbonyl (C=O) groups excluding carboxylic acids is 11. The number of benzene rings is 2. The van der Waals surface area contributed by atoms with E-state index in [9.17, 15) is 56.3 Å². The number of nitrogens with one attached hydrogen (secondary N) is 4. The average Bonchev–Trinajstić information content (AvgIpc) is 1.83. The molecule has 26 heteroatoms. The summed E-state index contributed by atoms with van der Waals surface area (Å²) in [6.07, 6.45) is -3.07. The first-order valence-corrected chi connectivity index (χ1v) is 31.7. The molecule has 91 heavy (non-hydrogen) atoms. The van der Waals surface area contributed by atoms with Crippen molar-refractivity contribution in [2.24, 2.45) is 23.7 Å². The van der Waals surface area contributed by atoms with Crippen LogP contribution < -0.4 is 21.3 Å². The van der Waals surface area contributed by atoms with Gasteiger partial charge in [-0.3, -0.25) is 52.7 Å². The maximum absolute atomic E-state index is 15.1. The van der Waals surface area contributed by atoms with E-state index in [0.717, 1.165) is 31.7 Å². The van der Waals surface area contributed by atoms with Gasteiger partial charge in [0.2, 0.25) is 65.0 Å². The van der Waals surface area contributed by atoms with Crippen LogP contribution in [0.25, 0.3) is 0 Å². The summed E-state index contributed by atoms with van der Waals surface area (Å²) in [5.74, 6) is -8.61. The highest BCUT2D eigenvalue weighted by Crippen LogP contribution is 2.34. The first-order chi connectivity index (χ1) is 42.4. The van der Waals surface area contributed by atoms with E-state index in [2.05, 4.69) is 21.3 Å². The first-order valence-electron chi connectivity index (χ1n) is 31.3. The Morgan fingerprint density at radius 3 is 1.66 bits per heavy atom. The zero-order chi connectivity index (χ0) is 68.6. The zero-order valence-corrected chi connectivity index (χ0v) is 56.4. The molecule has 2 aromatic rings. The van der Waals surface area contributed by atoms with Crippen molar-refractivity contribution in [3.05, 3.63) is 70.2 Å². The number of alkyl halides is 3. The van der Waals surface area contributed by atoms with Crippen LogP contribution in [-0.4, -0.2) is 217 Å². The van der Waals surface area contributed by atoms with Gasteiger partial charge in [0.05, 0.1) is 25.2 Å². The summed E-state index contributed by atoms with van der Waals surface area (Å²) in [7, 11) is 9.67. The Morgan fingerprint density at radius 1 is 0.582 bits per heavy atom. The minimum absolute atomic E-state index is 0.0318. The van der Waals surface area contributed by atoms with Crippen LogP contribution in [0.4, 0.5) is 13.2 Å². The van der Waals surface area contributed by atoms with Crippen molar-refractivity contribution in [2.45, 2.75) is 174 Å². The van der Waals surface area contributed by atoms with Crippen molar-refractivity contribution in [2.75, 3.05) is 75.5 Å².